The van der Waals surface area contributed by atoms with Crippen LogP contribution in [-0.4, -0.2) is 62.3 Å². The average Bonchev–Trinajstić information content (AvgIpc) is 3.05. The number of anilines is 2. The van der Waals surface area contributed by atoms with E-state index in [9.17, 15) is 9.59 Å². The highest BCUT2D eigenvalue weighted by molar-refractivity contribution is 6.18. The highest BCUT2D eigenvalue weighted by atomic mass is 16.5. The van der Waals surface area contributed by atoms with Crippen LogP contribution in [-0.2, 0) is 9.59 Å². The lowest BCUT2D eigenvalue weighted by Gasteiger charge is -2.37. The number of carbonyl (C=O) groups excluding carboxylic acids is 2. The summed E-state index contributed by atoms with van der Waals surface area (Å²) in [6, 6.07) is 25.2. The first-order valence-electron chi connectivity index (χ1n) is 11.8. The van der Waals surface area contributed by atoms with E-state index in [1.165, 1.54) is 0 Å². The maximum atomic E-state index is 13.3. The van der Waals surface area contributed by atoms with Crippen LogP contribution in [0.25, 0.3) is 0 Å². The molecule has 7 heteroatoms. The highest BCUT2D eigenvalue weighted by Gasteiger charge is 2.29. The number of hydrogen-bond acceptors (Lipinski definition) is 5. The number of piperazine rings is 1. The van der Waals surface area contributed by atoms with Crippen molar-refractivity contribution in [1.82, 2.24) is 4.90 Å². The summed E-state index contributed by atoms with van der Waals surface area (Å²) in [6.45, 7) is 2.71. The summed E-state index contributed by atoms with van der Waals surface area (Å²) in [7, 11) is 1.65. The van der Waals surface area contributed by atoms with Crippen molar-refractivity contribution in [2.75, 3.05) is 49.6 Å². The highest BCUT2D eigenvalue weighted by Crippen LogP contribution is 2.33. The average molecular weight is 469 g/mol. The SMILES string of the molecule is COc1ccc(N2CCN(C(=O)CN3C(=O)CC(c4ccccc4)=Nc4ccccc43)CC2)cc1. The minimum absolute atomic E-state index is 0.00989. The normalized spacial score (nSPS) is 15.9. The largest absolute Gasteiger partial charge is 0.497 e. The third-order valence-corrected chi connectivity index (χ3v) is 6.52. The van der Waals surface area contributed by atoms with Crippen LogP contribution in [0, 0.1) is 0 Å². The van der Waals surface area contributed by atoms with Gasteiger partial charge in [0.2, 0.25) is 11.8 Å². The minimum Gasteiger partial charge on any atom is -0.497 e. The van der Waals surface area contributed by atoms with Gasteiger partial charge in [0.15, 0.2) is 0 Å². The second kappa shape index (κ2) is 10.0. The van der Waals surface area contributed by atoms with Crippen molar-refractivity contribution in [2.45, 2.75) is 6.42 Å². The molecular formula is C28H28N4O3. The molecule has 0 atom stereocenters. The van der Waals surface area contributed by atoms with Crippen LogP contribution < -0.4 is 14.5 Å². The molecule has 1 fully saturated rings. The molecule has 3 aromatic carbocycles. The van der Waals surface area contributed by atoms with E-state index in [0.29, 0.717) is 30.2 Å². The van der Waals surface area contributed by atoms with Crippen molar-refractivity contribution in [3.8, 4) is 5.75 Å². The number of amides is 2. The molecule has 0 radical (unpaired) electrons. The second-order valence-corrected chi connectivity index (χ2v) is 8.64. The lowest BCUT2D eigenvalue weighted by Crippen LogP contribution is -2.52. The van der Waals surface area contributed by atoms with Gasteiger partial charge in [-0.1, -0.05) is 42.5 Å². The fourth-order valence-corrected chi connectivity index (χ4v) is 4.56. The zero-order chi connectivity index (χ0) is 24.2. The van der Waals surface area contributed by atoms with Gasteiger partial charge in [0.25, 0.3) is 0 Å². The Morgan fingerprint density at radius 3 is 2.29 bits per heavy atom. The molecule has 2 aliphatic rings. The molecule has 2 aliphatic heterocycles. The van der Waals surface area contributed by atoms with Crippen LogP contribution in [0.5, 0.6) is 5.75 Å². The summed E-state index contributed by atoms with van der Waals surface area (Å²) in [5.41, 5.74) is 4.12. The fraction of sp³-hybridized carbons (Fsp3) is 0.250. The van der Waals surface area contributed by atoms with Crippen LogP contribution in [0.3, 0.4) is 0 Å². The van der Waals surface area contributed by atoms with Gasteiger partial charge in [-0.2, -0.15) is 0 Å². The number of fused-ring (bicyclic) bond motifs is 1. The topological polar surface area (TPSA) is 65.5 Å². The van der Waals surface area contributed by atoms with E-state index in [0.717, 1.165) is 30.1 Å². The smallest absolute Gasteiger partial charge is 0.242 e. The first-order chi connectivity index (χ1) is 17.1. The van der Waals surface area contributed by atoms with E-state index in [1.807, 2.05) is 83.8 Å². The molecular weight excluding hydrogens is 440 g/mol. The van der Waals surface area contributed by atoms with Crippen molar-refractivity contribution in [1.29, 1.82) is 0 Å². The van der Waals surface area contributed by atoms with Crippen LogP contribution in [0.4, 0.5) is 17.1 Å². The van der Waals surface area contributed by atoms with E-state index in [1.54, 1.807) is 12.0 Å². The molecule has 178 valence electrons. The van der Waals surface area contributed by atoms with Crippen molar-refractivity contribution < 1.29 is 14.3 Å². The summed E-state index contributed by atoms with van der Waals surface area (Å²) in [6.07, 6.45) is 0.150. The third-order valence-electron chi connectivity index (χ3n) is 6.52. The summed E-state index contributed by atoms with van der Waals surface area (Å²) in [4.78, 5) is 37.1. The Kier molecular flexibility index (Phi) is 6.48. The van der Waals surface area contributed by atoms with Crippen LogP contribution >= 0.6 is 0 Å². The Bertz CT molecular complexity index is 1230. The number of ether oxygens (including phenoxy) is 1. The molecule has 1 saturated heterocycles. The Balaban J connectivity index is 1.28. The molecule has 0 N–H and O–H groups in total. The van der Waals surface area contributed by atoms with E-state index in [-0.39, 0.29) is 24.8 Å². The second-order valence-electron chi connectivity index (χ2n) is 8.64. The van der Waals surface area contributed by atoms with Crippen LogP contribution in [0.1, 0.15) is 12.0 Å². The van der Waals surface area contributed by atoms with E-state index < -0.39 is 0 Å². The Labute approximate surface area is 205 Å². The zero-order valence-corrected chi connectivity index (χ0v) is 19.8. The summed E-state index contributed by atoms with van der Waals surface area (Å²) >= 11 is 0. The lowest BCUT2D eigenvalue weighted by atomic mass is 10.1. The molecule has 0 saturated carbocycles. The molecule has 2 amide bonds. The van der Waals surface area contributed by atoms with Gasteiger partial charge in [0.05, 0.1) is 30.6 Å². The van der Waals surface area contributed by atoms with Crippen molar-refractivity contribution >= 4 is 34.6 Å². The number of carbonyl (C=O) groups is 2. The maximum Gasteiger partial charge on any atom is 0.242 e. The predicted octanol–water partition coefficient (Wildman–Crippen LogP) is 3.90. The molecule has 0 bridgehead atoms. The van der Waals surface area contributed by atoms with Crippen LogP contribution in [0.2, 0.25) is 0 Å². The molecule has 35 heavy (non-hydrogen) atoms. The van der Waals surface area contributed by atoms with Crippen LogP contribution in [0.15, 0.2) is 83.9 Å². The van der Waals surface area contributed by atoms with Gasteiger partial charge < -0.3 is 19.4 Å². The lowest BCUT2D eigenvalue weighted by molar-refractivity contribution is -0.131. The fourth-order valence-electron chi connectivity index (χ4n) is 4.56. The van der Waals surface area contributed by atoms with E-state index >= 15 is 0 Å². The van der Waals surface area contributed by atoms with E-state index in [4.69, 9.17) is 9.73 Å². The Morgan fingerprint density at radius 2 is 1.57 bits per heavy atom. The molecule has 0 unspecified atom stereocenters. The maximum absolute atomic E-state index is 13.3. The van der Waals surface area contributed by atoms with E-state index in [2.05, 4.69) is 4.90 Å². The van der Waals surface area contributed by atoms with Gasteiger partial charge in [0, 0.05) is 31.9 Å². The first-order valence-corrected chi connectivity index (χ1v) is 11.8. The number of benzene rings is 3. The van der Waals surface area contributed by atoms with Gasteiger partial charge in [0.1, 0.15) is 12.3 Å². The quantitative estimate of drug-likeness (QED) is 0.570. The number of methoxy groups -OCH3 is 1. The van der Waals surface area contributed by atoms with Gasteiger partial charge in [-0.05, 0) is 42.0 Å². The monoisotopic (exact) mass is 468 g/mol. The summed E-state index contributed by atoms with van der Waals surface area (Å²) in [5, 5.41) is 0. The number of para-hydroxylation sites is 2. The third kappa shape index (κ3) is 4.89. The Morgan fingerprint density at radius 1 is 0.886 bits per heavy atom. The summed E-state index contributed by atoms with van der Waals surface area (Å²) in [5.74, 6) is 0.651. The molecule has 2 heterocycles. The molecule has 3 aromatic rings. The first kappa shape index (κ1) is 22.7. The Hall–Kier alpha value is -4.13. The number of nitrogens with zero attached hydrogens (tertiary/aromatic N) is 4. The molecule has 5 rings (SSSR count). The molecule has 7 nitrogen and oxygen atoms in total. The molecule has 0 aliphatic carbocycles. The van der Waals surface area contributed by atoms with Gasteiger partial charge in [-0.3, -0.25) is 14.6 Å². The molecule has 0 aromatic heterocycles. The van der Waals surface area contributed by atoms with Crippen molar-refractivity contribution in [3.63, 3.8) is 0 Å². The number of rotatable bonds is 5. The standard InChI is InChI=1S/C28H28N4O3/c1-35-23-13-11-22(12-14-23)30-15-17-31(18-16-30)28(34)20-32-26-10-6-5-9-24(26)29-25(19-27(32)33)21-7-3-2-4-8-21/h2-14H,15-20H2,1H3. The van der Waals surface area contributed by atoms with Crippen molar-refractivity contribution in [3.05, 3.63) is 84.4 Å². The van der Waals surface area contributed by atoms with Gasteiger partial charge in [-0.25, -0.2) is 0 Å². The predicted molar refractivity (Wildman–Crippen MR) is 138 cm³/mol. The minimum atomic E-state index is -0.122. The summed E-state index contributed by atoms with van der Waals surface area (Å²) < 4.78 is 5.24. The number of hydrogen-bond donors (Lipinski definition) is 0. The van der Waals surface area contributed by atoms with Gasteiger partial charge in [-0.15, -0.1) is 0 Å². The van der Waals surface area contributed by atoms with Gasteiger partial charge >= 0.3 is 0 Å². The van der Waals surface area contributed by atoms with Crippen molar-refractivity contribution in [2.24, 2.45) is 4.99 Å². The molecule has 0 spiro atoms. The number of aliphatic imine (C=N–C) groups is 1. The zero-order valence-electron chi connectivity index (χ0n) is 19.8.